The van der Waals surface area contributed by atoms with Crippen molar-refractivity contribution in [3.63, 3.8) is 0 Å². The number of carbonyl (C=O) groups is 2. The summed E-state index contributed by atoms with van der Waals surface area (Å²) in [6, 6.07) is 14.1. The quantitative estimate of drug-likeness (QED) is 0.627. The van der Waals surface area contributed by atoms with Crippen molar-refractivity contribution in [3.8, 4) is 0 Å². The van der Waals surface area contributed by atoms with Gasteiger partial charge in [-0.1, -0.05) is 30.3 Å². The molecule has 9 heteroatoms. The summed E-state index contributed by atoms with van der Waals surface area (Å²) >= 11 is 0. The van der Waals surface area contributed by atoms with Gasteiger partial charge in [-0.2, -0.15) is 0 Å². The van der Waals surface area contributed by atoms with Gasteiger partial charge in [-0.3, -0.25) is 14.5 Å². The van der Waals surface area contributed by atoms with Crippen LogP contribution in [-0.2, 0) is 14.8 Å². The van der Waals surface area contributed by atoms with E-state index in [1.54, 1.807) is 36.4 Å². The highest BCUT2D eigenvalue weighted by Crippen LogP contribution is 2.45. The van der Waals surface area contributed by atoms with Crippen molar-refractivity contribution in [2.75, 3.05) is 24.6 Å². The Morgan fingerprint density at radius 1 is 0.968 bits per heavy atom. The number of benzene rings is 3. The fourth-order valence-corrected chi connectivity index (χ4v) is 5.99. The molecule has 1 atom stereocenters. The van der Waals surface area contributed by atoms with Gasteiger partial charge in [-0.05, 0) is 24.3 Å². The van der Waals surface area contributed by atoms with Gasteiger partial charge in [-0.15, -0.1) is 0 Å². The SMILES string of the molecule is COCCN1C(=O)c2cccc3c(N4[C@@H](O)c5ccccc5S4(=O)=O)ccc(c23)C1=O. The molecule has 0 unspecified atom stereocenters. The molecule has 0 saturated heterocycles. The number of ether oxygens (including phenoxy) is 1. The Balaban J connectivity index is 1.72. The van der Waals surface area contributed by atoms with E-state index < -0.39 is 28.1 Å². The average Bonchev–Trinajstić information content (AvgIpc) is 2.97. The molecule has 3 aromatic rings. The molecule has 2 amide bonds. The lowest BCUT2D eigenvalue weighted by atomic mass is 9.93. The third kappa shape index (κ3) is 2.64. The largest absolute Gasteiger partial charge is 0.383 e. The molecule has 0 saturated carbocycles. The Morgan fingerprint density at radius 2 is 1.68 bits per heavy atom. The number of amides is 2. The molecule has 2 heterocycles. The van der Waals surface area contributed by atoms with Gasteiger partial charge in [-0.25, -0.2) is 12.7 Å². The summed E-state index contributed by atoms with van der Waals surface area (Å²) in [7, 11) is -2.53. The van der Waals surface area contributed by atoms with Crippen molar-refractivity contribution in [1.29, 1.82) is 0 Å². The minimum atomic E-state index is -4.02. The van der Waals surface area contributed by atoms with Gasteiger partial charge in [0.1, 0.15) is 0 Å². The molecule has 8 nitrogen and oxygen atoms in total. The van der Waals surface area contributed by atoms with Crippen molar-refractivity contribution >= 4 is 38.3 Å². The molecule has 5 rings (SSSR count). The number of methoxy groups -OCH3 is 1. The summed E-state index contributed by atoms with van der Waals surface area (Å²) < 4.78 is 32.3. The van der Waals surface area contributed by atoms with Crippen molar-refractivity contribution in [3.05, 3.63) is 71.3 Å². The maximum atomic E-state index is 13.2. The molecule has 2 aliphatic rings. The Morgan fingerprint density at radius 3 is 2.39 bits per heavy atom. The summed E-state index contributed by atoms with van der Waals surface area (Å²) in [5.74, 6) is -0.934. The molecule has 0 spiro atoms. The first-order valence-electron chi connectivity index (χ1n) is 9.60. The van der Waals surface area contributed by atoms with E-state index in [0.717, 1.165) is 9.21 Å². The highest BCUT2D eigenvalue weighted by atomic mass is 32.2. The van der Waals surface area contributed by atoms with Crippen molar-refractivity contribution in [2.24, 2.45) is 0 Å². The second-order valence-electron chi connectivity index (χ2n) is 7.33. The summed E-state index contributed by atoms with van der Waals surface area (Å²) in [5, 5.41) is 11.6. The number of aliphatic hydroxyl groups excluding tert-OH is 1. The molecule has 0 aliphatic carbocycles. The van der Waals surface area contributed by atoms with Gasteiger partial charge in [0.15, 0.2) is 6.23 Å². The molecule has 0 aromatic heterocycles. The van der Waals surface area contributed by atoms with Crippen LogP contribution in [0.5, 0.6) is 0 Å². The summed E-state index contributed by atoms with van der Waals surface area (Å²) in [6.45, 7) is 0.317. The number of hydrogen-bond donors (Lipinski definition) is 1. The van der Waals surface area contributed by atoms with Crippen LogP contribution >= 0.6 is 0 Å². The predicted molar refractivity (Wildman–Crippen MR) is 112 cm³/mol. The van der Waals surface area contributed by atoms with Crippen LogP contribution in [-0.4, -0.2) is 50.5 Å². The minimum absolute atomic E-state index is 0.0286. The average molecular weight is 438 g/mol. The molecule has 31 heavy (non-hydrogen) atoms. The second kappa shape index (κ2) is 6.88. The van der Waals surface area contributed by atoms with Gasteiger partial charge in [0, 0.05) is 34.6 Å². The first kappa shape index (κ1) is 19.7. The fraction of sp³-hybridized carbons (Fsp3) is 0.182. The monoisotopic (exact) mass is 438 g/mol. The molecule has 158 valence electrons. The van der Waals surface area contributed by atoms with Crippen LogP contribution in [0.15, 0.2) is 59.5 Å². The molecular formula is C22H18N2O6S. The van der Waals surface area contributed by atoms with Crippen molar-refractivity contribution in [1.82, 2.24) is 4.90 Å². The number of nitrogens with zero attached hydrogens (tertiary/aromatic N) is 2. The van der Waals surface area contributed by atoms with E-state index >= 15 is 0 Å². The van der Waals surface area contributed by atoms with Crippen LogP contribution in [0.3, 0.4) is 0 Å². The third-order valence-corrected chi connectivity index (χ3v) is 7.52. The number of fused-ring (bicyclic) bond motifs is 1. The first-order chi connectivity index (χ1) is 14.9. The van der Waals surface area contributed by atoms with E-state index in [-0.39, 0.29) is 29.3 Å². The lowest BCUT2D eigenvalue weighted by Crippen LogP contribution is -2.42. The Bertz CT molecular complexity index is 1350. The van der Waals surface area contributed by atoms with E-state index in [1.165, 1.54) is 25.3 Å². The van der Waals surface area contributed by atoms with Crippen LogP contribution in [0.25, 0.3) is 10.8 Å². The first-order valence-corrected chi connectivity index (χ1v) is 11.0. The van der Waals surface area contributed by atoms with Crippen molar-refractivity contribution in [2.45, 2.75) is 11.1 Å². The molecule has 0 fully saturated rings. The Kier molecular flexibility index (Phi) is 4.37. The van der Waals surface area contributed by atoms with Gasteiger partial charge in [0.05, 0.1) is 23.7 Å². The van der Waals surface area contributed by atoms with Gasteiger partial charge >= 0.3 is 0 Å². The summed E-state index contributed by atoms with van der Waals surface area (Å²) in [4.78, 5) is 27.1. The minimum Gasteiger partial charge on any atom is -0.383 e. The normalized spacial score (nSPS) is 19.2. The van der Waals surface area contributed by atoms with Gasteiger partial charge < -0.3 is 9.84 Å². The highest BCUT2D eigenvalue weighted by Gasteiger charge is 2.43. The number of carbonyl (C=O) groups excluding carboxylic acids is 2. The zero-order valence-corrected chi connectivity index (χ0v) is 17.3. The maximum Gasteiger partial charge on any atom is 0.267 e. The fourth-order valence-electron chi connectivity index (χ4n) is 4.26. The molecule has 0 bridgehead atoms. The van der Waals surface area contributed by atoms with E-state index in [9.17, 15) is 23.1 Å². The van der Waals surface area contributed by atoms with Crippen LogP contribution in [0, 0.1) is 0 Å². The Hall–Kier alpha value is -3.27. The van der Waals surface area contributed by atoms with E-state index in [0.29, 0.717) is 21.9 Å². The van der Waals surface area contributed by atoms with E-state index in [1.807, 2.05) is 0 Å². The molecule has 2 aliphatic heterocycles. The number of sulfonamides is 1. The topological polar surface area (TPSA) is 104 Å². The molecule has 3 aromatic carbocycles. The standard InChI is InChI=1S/C22H18N2O6S/c1-30-12-11-23-20(25)15-7-4-6-13-17(10-9-16(19(13)15)21(23)26)24-22(27)14-5-2-3-8-18(14)31(24,28)29/h2-10,22,27H,11-12H2,1H3/t22-/m0/s1. The molecule has 0 radical (unpaired) electrons. The second-order valence-corrected chi connectivity index (χ2v) is 9.11. The van der Waals surface area contributed by atoms with Crippen LogP contribution in [0.4, 0.5) is 5.69 Å². The van der Waals surface area contributed by atoms with Crippen LogP contribution in [0.1, 0.15) is 32.5 Å². The zero-order valence-electron chi connectivity index (χ0n) is 16.5. The number of rotatable bonds is 4. The molecule has 1 N–H and O–H groups in total. The predicted octanol–water partition coefficient (Wildman–Crippen LogP) is 2.28. The van der Waals surface area contributed by atoms with Crippen LogP contribution in [0.2, 0.25) is 0 Å². The lowest BCUT2D eigenvalue weighted by molar-refractivity contribution is 0.0560. The number of anilines is 1. The summed E-state index contributed by atoms with van der Waals surface area (Å²) in [5.41, 5.74) is 1.08. The number of aliphatic hydroxyl groups is 1. The lowest BCUT2D eigenvalue weighted by Gasteiger charge is -2.29. The van der Waals surface area contributed by atoms with E-state index in [2.05, 4.69) is 0 Å². The number of imide groups is 1. The smallest absolute Gasteiger partial charge is 0.267 e. The Labute approximate surface area is 178 Å². The zero-order chi connectivity index (χ0) is 21.9. The van der Waals surface area contributed by atoms with Crippen molar-refractivity contribution < 1.29 is 27.9 Å². The van der Waals surface area contributed by atoms with Gasteiger partial charge in [0.2, 0.25) is 0 Å². The maximum absolute atomic E-state index is 13.2. The molecular weight excluding hydrogens is 420 g/mol. The van der Waals surface area contributed by atoms with Gasteiger partial charge in [0.25, 0.3) is 21.8 Å². The van der Waals surface area contributed by atoms with Crippen LogP contribution < -0.4 is 4.31 Å². The van der Waals surface area contributed by atoms with E-state index in [4.69, 9.17) is 4.74 Å². The summed E-state index contributed by atoms with van der Waals surface area (Å²) in [6.07, 6.45) is -1.41. The third-order valence-electron chi connectivity index (χ3n) is 5.68. The highest BCUT2D eigenvalue weighted by molar-refractivity contribution is 7.93. The number of hydrogen-bond acceptors (Lipinski definition) is 6.